The molecule has 1 aliphatic rings. The van der Waals surface area contributed by atoms with E-state index in [-0.39, 0.29) is 18.0 Å². The summed E-state index contributed by atoms with van der Waals surface area (Å²) in [4.78, 5) is 27.3. The Balaban J connectivity index is 2.15. The Labute approximate surface area is 122 Å². The molecule has 5 nitrogen and oxygen atoms in total. The zero-order valence-corrected chi connectivity index (χ0v) is 11.8. The Kier molecular flexibility index (Phi) is 4.60. The molecule has 1 aromatic heterocycles. The van der Waals surface area contributed by atoms with Crippen molar-refractivity contribution in [2.45, 2.75) is 44.1 Å². The van der Waals surface area contributed by atoms with Crippen LogP contribution >= 0.6 is 11.6 Å². The number of amides is 1. The molecule has 0 spiro atoms. The van der Waals surface area contributed by atoms with Gasteiger partial charge in [0.1, 0.15) is 5.69 Å². The number of carboxylic acids is 1. The fourth-order valence-electron chi connectivity index (χ4n) is 2.70. The van der Waals surface area contributed by atoms with Gasteiger partial charge in [-0.3, -0.25) is 14.6 Å². The smallest absolute Gasteiger partial charge is 0.305 e. The van der Waals surface area contributed by atoms with Crippen LogP contribution in [0, 0.1) is 0 Å². The van der Waals surface area contributed by atoms with Gasteiger partial charge in [-0.25, -0.2) is 0 Å². The number of nitrogens with zero attached hydrogens (tertiary/aromatic N) is 1. The van der Waals surface area contributed by atoms with Crippen LogP contribution in [0.3, 0.4) is 0 Å². The molecule has 2 N–H and O–H groups in total. The minimum absolute atomic E-state index is 0.0562. The molecule has 1 fully saturated rings. The van der Waals surface area contributed by atoms with Crippen molar-refractivity contribution in [1.29, 1.82) is 0 Å². The first-order valence-corrected chi connectivity index (χ1v) is 7.04. The van der Waals surface area contributed by atoms with E-state index in [1.54, 1.807) is 6.07 Å². The second-order valence-corrected chi connectivity index (χ2v) is 5.66. The highest BCUT2D eigenvalue weighted by molar-refractivity contribution is 6.30. The second-order valence-electron chi connectivity index (χ2n) is 5.22. The molecule has 6 heteroatoms. The lowest BCUT2D eigenvalue weighted by Gasteiger charge is -2.36. The van der Waals surface area contributed by atoms with E-state index >= 15 is 0 Å². The van der Waals surface area contributed by atoms with Crippen molar-refractivity contribution >= 4 is 23.5 Å². The third kappa shape index (κ3) is 3.70. The predicted octanol–water partition coefficient (Wildman–Crippen LogP) is 2.64. The highest BCUT2D eigenvalue weighted by atomic mass is 35.5. The molecule has 0 aromatic carbocycles. The monoisotopic (exact) mass is 296 g/mol. The van der Waals surface area contributed by atoms with Gasteiger partial charge in [0.25, 0.3) is 5.91 Å². The summed E-state index contributed by atoms with van der Waals surface area (Å²) in [5.74, 6) is -1.26. The van der Waals surface area contributed by atoms with Gasteiger partial charge in [0, 0.05) is 11.2 Å². The molecule has 1 aromatic rings. The summed E-state index contributed by atoms with van der Waals surface area (Å²) < 4.78 is 0. The molecular weight excluding hydrogens is 280 g/mol. The Morgan fingerprint density at radius 2 is 2.05 bits per heavy atom. The number of hydrogen-bond donors (Lipinski definition) is 2. The molecular formula is C14H17ClN2O3. The summed E-state index contributed by atoms with van der Waals surface area (Å²) in [7, 11) is 0. The lowest BCUT2D eigenvalue weighted by atomic mass is 9.79. The number of rotatable bonds is 4. The van der Waals surface area contributed by atoms with Crippen molar-refractivity contribution < 1.29 is 14.7 Å². The average molecular weight is 297 g/mol. The van der Waals surface area contributed by atoms with Crippen molar-refractivity contribution in [3.8, 4) is 0 Å². The van der Waals surface area contributed by atoms with E-state index in [4.69, 9.17) is 16.7 Å². The van der Waals surface area contributed by atoms with Gasteiger partial charge in [-0.2, -0.15) is 0 Å². The number of halogens is 1. The highest BCUT2D eigenvalue weighted by Gasteiger charge is 2.36. The third-order valence-electron chi connectivity index (χ3n) is 3.63. The average Bonchev–Trinajstić information content (AvgIpc) is 2.38. The number of nitrogens with one attached hydrogen (secondary N) is 1. The first kappa shape index (κ1) is 14.8. The lowest BCUT2D eigenvalue weighted by molar-refractivity contribution is -0.139. The SMILES string of the molecule is O=C(O)CC1(NC(=O)c2cc(Cl)ccn2)CCCCC1. The number of carbonyl (C=O) groups excluding carboxylic acids is 1. The Morgan fingerprint density at radius 3 is 2.65 bits per heavy atom. The quantitative estimate of drug-likeness (QED) is 0.895. The van der Waals surface area contributed by atoms with Gasteiger partial charge in [-0.05, 0) is 25.0 Å². The third-order valence-corrected chi connectivity index (χ3v) is 3.87. The van der Waals surface area contributed by atoms with Crippen molar-refractivity contribution in [3.05, 3.63) is 29.0 Å². The highest BCUT2D eigenvalue weighted by Crippen LogP contribution is 2.31. The molecule has 0 bridgehead atoms. The number of hydrogen-bond acceptors (Lipinski definition) is 3. The normalized spacial score (nSPS) is 17.4. The maximum absolute atomic E-state index is 12.2. The maximum Gasteiger partial charge on any atom is 0.305 e. The lowest BCUT2D eigenvalue weighted by Crippen LogP contribution is -2.51. The summed E-state index contributed by atoms with van der Waals surface area (Å²) in [6, 6.07) is 3.07. The summed E-state index contributed by atoms with van der Waals surface area (Å²) in [6.07, 6.45) is 5.71. The van der Waals surface area contributed by atoms with Crippen molar-refractivity contribution in [3.63, 3.8) is 0 Å². The fraction of sp³-hybridized carbons (Fsp3) is 0.500. The zero-order chi connectivity index (χ0) is 14.6. The van der Waals surface area contributed by atoms with E-state index in [0.717, 1.165) is 19.3 Å². The van der Waals surface area contributed by atoms with Gasteiger partial charge < -0.3 is 10.4 Å². The van der Waals surface area contributed by atoms with E-state index in [9.17, 15) is 9.59 Å². The van der Waals surface area contributed by atoms with E-state index in [2.05, 4.69) is 10.3 Å². The zero-order valence-electron chi connectivity index (χ0n) is 11.1. The van der Waals surface area contributed by atoms with E-state index in [1.807, 2.05) is 0 Å². The summed E-state index contributed by atoms with van der Waals surface area (Å²) >= 11 is 5.84. The van der Waals surface area contributed by atoms with Crippen LogP contribution in [0.2, 0.25) is 5.02 Å². The van der Waals surface area contributed by atoms with Crippen molar-refractivity contribution in [2.24, 2.45) is 0 Å². The van der Waals surface area contributed by atoms with Crippen molar-refractivity contribution in [1.82, 2.24) is 10.3 Å². The topological polar surface area (TPSA) is 79.3 Å². The first-order chi connectivity index (χ1) is 9.51. The van der Waals surface area contributed by atoms with Crippen LogP contribution in [0.4, 0.5) is 0 Å². The number of aromatic nitrogens is 1. The number of aliphatic carboxylic acids is 1. The van der Waals surface area contributed by atoms with Gasteiger partial charge in [-0.1, -0.05) is 30.9 Å². The van der Waals surface area contributed by atoms with E-state index in [1.165, 1.54) is 12.3 Å². The minimum Gasteiger partial charge on any atom is -0.481 e. The molecule has 20 heavy (non-hydrogen) atoms. The number of carbonyl (C=O) groups is 2. The summed E-state index contributed by atoms with van der Waals surface area (Å²) in [5, 5.41) is 12.4. The van der Waals surface area contributed by atoms with Gasteiger partial charge in [0.05, 0.1) is 12.0 Å². The van der Waals surface area contributed by atoms with E-state index in [0.29, 0.717) is 17.9 Å². The van der Waals surface area contributed by atoms with Crippen LogP contribution in [0.25, 0.3) is 0 Å². The Hall–Kier alpha value is -1.62. The number of carboxylic acid groups (broad SMARTS) is 1. The first-order valence-electron chi connectivity index (χ1n) is 6.67. The van der Waals surface area contributed by atoms with Crippen LogP contribution in [0.1, 0.15) is 49.0 Å². The molecule has 0 unspecified atom stereocenters. The van der Waals surface area contributed by atoms with Crippen LogP contribution in [0.5, 0.6) is 0 Å². The largest absolute Gasteiger partial charge is 0.481 e. The van der Waals surface area contributed by atoms with Crippen LogP contribution < -0.4 is 5.32 Å². The molecule has 0 atom stereocenters. The molecule has 1 saturated carbocycles. The van der Waals surface area contributed by atoms with Crippen LogP contribution in [-0.4, -0.2) is 27.5 Å². The standard InChI is InChI=1S/C14H17ClN2O3/c15-10-4-7-16-11(8-10)13(20)17-14(9-12(18)19)5-2-1-3-6-14/h4,7-8H,1-3,5-6,9H2,(H,17,20)(H,18,19). The predicted molar refractivity (Wildman–Crippen MR) is 74.8 cm³/mol. The Morgan fingerprint density at radius 1 is 1.35 bits per heavy atom. The molecule has 108 valence electrons. The number of pyridine rings is 1. The molecule has 1 aliphatic carbocycles. The van der Waals surface area contributed by atoms with Gasteiger partial charge in [0.15, 0.2) is 0 Å². The Bertz CT molecular complexity index is 513. The fourth-order valence-corrected chi connectivity index (χ4v) is 2.86. The molecule has 1 heterocycles. The van der Waals surface area contributed by atoms with Gasteiger partial charge in [0.2, 0.25) is 0 Å². The summed E-state index contributed by atoms with van der Waals surface area (Å²) in [6.45, 7) is 0. The molecule has 0 saturated heterocycles. The molecule has 2 rings (SSSR count). The maximum atomic E-state index is 12.2. The molecule has 1 amide bonds. The molecule has 0 radical (unpaired) electrons. The van der Waals surface area contributed by atoms with E-state index < -0.39 is 11.5 Å². The molecule has 0 aliphatic heterocycles. The second kappa shape index (κ2) is 6.22. The minimum atomic E-state index is -0.897. The van der Waals surface area contributed by atoms with Gasteiger partial charge in [-0.15, -0.1) is 0 Å². The van der Waals surface area contributed by atoms with Crippen LogP contribution in [0.15, 0.2) is 18.3 Å². The van der Waals surface area contributed by atoms with Crippen LogP contribution in [-0.2, 0) is 4.79 Å². The summed E-state index contributed by atoms with van der Waals surface area (Å²) in [5.41, 5.74) is -0.446. The van der Waals surface area contributed by atoms with Gasteiger partial charge >= 0.3 is 5.97 Å². The van der Waals surface area contributed by atoms with Crippen molar-refractivity contribution in [2.75, 3.05) is 0 Å².